The molecule has 3 N–H and O–H groups in total. The van der Waals surface area contributed by atoms with Gasteiger partial charge in [0.1, 0.15) is 31.0 Å². The van der Waals surface area contributed by atoms with Gasteiger partial charge in [0.05, 0.1) is 12.9 Å². The molecule has 1 aliphatic heterocycles. The van der Waals surface area contributed by atoms with E-state index in [0.29, 0.717) is 0 Å². The summed E-state index contributed by atoms with van der Waals surface area (Å²) in [6, 6.07) is 0. The van der Waals surface area contributed by atoms with Crippen molar-refractivity contribution in [2.45, 2.75) is 95.5 Å². The van der Waals surface area contributed by atoms with Crippen molar-refractivity contribution in [1.29, 1.82) is 0 Å². The predicted octanol–water partition coefficient (Wildman–Crippen LogP) is 2.92. The monoisotopic (exact) mass is 344 g/mol. The Bertz CT molecular complexity index is 321. The van der Waals surface area contributed by atoms with Crippen molar-refractivity contribution in [2.24, 2.45) is 0 Å². The number of aliphatic hydroxyl groups is 3. The molecule has 1 rings (SSSR count). The average Bonchev–Trinajstić information content (AvgIpc) is 2.58. The fourth-order valence-corrected chi connectivity index (χ4v) is 2.87. The number of rotatable bonds is 13. The maximum atomic E-state index is 9.76. The summed E-state index contributed by atoms with van der Waals surface area (Å²) < 4.78 is 10.6. The second-order valence-electron chi connectivity index (χ2n) is 6.74. The molecule has 4 atom stereocenters. The van der Waals surface area contributed by atoms with Crippen molar-refractivity contribution < 1.29 is 24.8 Å². The Morgan fingerprint density at radius 1 is 0.917 bits per heavy atom. The second kappa shape index (κ2) is 13.6. The molecule has 0 radical (unpaired) electrons. The normalized spacial score (nSPS) is 27.7. The molecule has 0 aromatic rings. The van der Waals surface area contributed by atoms with Gasteiger partial charge in [0.2, 0.25) is 0 Å². The lowest BCUT2D eigenvalue weighted by molar-refractivity contribution is -0.195. The summed E-state index contributed by atoms with van der Waals surface area (Å²) in [6.07, 6.45) is 12.6. The molecule has 0 aromatic carbocycles. The van der Waals surface area contributed by atoms with Crippen LogP contribution in [-0.2, 0) is 9.47 Å². The summed E-state index contributed by atoms with van der Waals surface area (Å²) in [5.41, 5.74) is 0. The highest BCUT2D eigenvalue weighted by molar-refractivity contribution is 4.87. The van der Waals surface area contributed by atoms with Crippen LogP contribution in [0.15, 0.2) is 12.3 Å². The maximum Gasteiger partial charge on any atom is 0.120 e. The van der Waals surface area contributed by atoms with E-state index >= 15 is 0 Å². The van der Waals surface area contributed by atoms with Gasteiger partial charge in [-0.15, -0.1) is 0 Å². The van der Waals surface area contributed by atoms with Crippen LogP contribution in [0.2, 0.25) is 0 Å². The third-order valence-electron chi connectivity index (χ3n) is 4.53. The lowest BCUT2D eigenvalue weighted by Gasteiger charge is -2.34. The predicted molar refractivity (Wildman–Crippen MR) is 94.7 cm³/mol. The zero-order chi connectivity index (χ0) is 17.6. The number of aliphatic hydroxyl groups excluding tert-OH is 3. The minimum absolute atomic E-state index is 0.0222. The van der Waals surface area contributed by atoms with Crippen LogP contribution >= 0.6 is 0 Å². The fraction of sp³-hybridized carbons (Fsp3) is 0.895. The number of unbranched alkanes of at least 4 members (excludes halogenated alkanes) is 9. The van der Waals surface area contributed by atoms with Crippen LogP contribution in [0, 0.1) is 0 Å². The van der Waals surface area contributed by atoms with Crippen molar-refractivity contribution in [3.8, 4) is 0 Å². The highest BCUT2D eigenvalue weighted by Gasteiger charge is 2.37. The molecule has 5 heteroatoms. The number of ether oxygens (including phenoxy) is 2. The van der Waals surface area contributed by atoms with Gasteiger partial charge < -0.3 is 24.8 Å². The van der Waals surface area contributed by atoms with Crippen molar-refractivity contribution in [3.05, 3.63) is 12.3 Å². The number of hydrogen-bond donors (Lipinski definition) is 3. The van der Waals surface area contributed by atoms with Crippen LogP contribution in [0.25, 0.3) is 0 Å². The zero-order valence-corrected chi connectivity index (χ0v) is 15.1. The van der Waals surface area contributed by atoms with E-state index in [1.807, 2.05) is 6.08 Å². The molecule has 24 heavy (non-hydrogen) atoms. The largest absolute Gasteiger partial charge is 0.499 e. The van der Waals surface area contributed by atoms with Crippen molar-refractivity contribution >= 4 is 0 Å². The first-order valence-electron chi connectivity index (χ1n) is 9.59. The van der Waals surface area contributed by atoms with E-state index < -0.39 is 24.4 Å². The minimum Gasteiger partial charge on any atom is -0.499 e. The Morgan fingerprint density at radius 2 is 1.54 bits per heavy atom. The molecule has 0 amide bonds. The molecule has 1 fully saturated rings. The van der Waals surface area contributed by atoms with E-state index in [9.17, 15) is 15.3 Å². The summed E-state index contributed by atoms with van der Waals surface area (Å²) in [4.78, 5) is 0. The van der Waals surface area contributed by atoms with E-state index in [2.05, 4.69) is 6.92 Å². The molecule has 0 saturated carbocycles. The zero-order valence-electron chi connectivity index (χ0n) is 15.1. The molecule has 1 aliphatic rings. The summed E-state index contributed by atoms with van der Waals surface area (Å²) in [5.74, 6) is 0. The van der Waals surface area contributed by atoms with E-state index in [4.69, 9.17) is 9.47 Å². The number of hydrogen-bond acceptors (Lipinski definition) is 5. The first-order chi connectivity index (χ1) is 11.7. The smallest absolute Gasteiger partial charge is 0.120 e. The van der Waals surface area contributed by atoms with Crippen LogP contribution < -0.4 is 0 Å². The molecule has 0 bridgehead atoms. The first-order valence-corrected chi connectivity index (χ1v) is 9.59. The first kappa shape index (κ1) is 21.4. The molecule has 0 spiro atoms. The summed E-state index contributed by atoms with van der Waals surface area (Å²) in [5, 5.41) is 28.7. The van der Waals surface area contributed by atoms with E-state index in [1.165, 1.54) is 57.8 Å². The standard InChI is InChI=1S/C19H36O5/c1-2-3-4-5-6-7-8-9-10-11-12-13-23-15-17-19(22)18(21)16(20)14-24-17/h12-13,16-22H,2-11,14-15H2,1H3/b13-12+/t16-,17+,18+,19+/m1/s1. The highest BCUT2D eigenvalue weighted by atomic mass is 16.6. The molecule has 142 valence electrons. The molecule has 1 heterocycles. The Hall–Kier alpha value is -0.620. The maximum absolute atomic E-state index is 9.76. The lowest BCUT2D eigenvalue weighted by Crippen LogP contribution is -2.54. The Balaban J connectivity index is 1.91. The molecule has 0 aliphatic carbocycles. The summed E-state index contributed by atoms with van der Waals surface area (Å²) in [7, 11) is 0. The topological polar surface area (TPSA) is 79.2 Å². The van der Waals surface area contributed by atoms with Crippen LogP contribution in [0.4, 0.5) is 0 Å². The van der Waals surface area contributed by atoms with E-state index in [-0.39, 0.29) is 13.2 Å². The minimum atomic E-state index is -1.17. The van der Waals surface area contributed by atoms with Crippen LogP contribution in [0.1, 0.15) is 71.1 Å². The van der Waals surface area contributed by atoms with Crippen LogP contribution in [-0.4, -0.2) is 52.9 Å². The SMILES string of the molecule is CCCCCCCCCCC/C=C/OC[C@@H]1OC[C@@H](O)[C@H](O)[C@H]1O. The van der Waals surface area contributed by atoms with E-state index in [1.54, 1.807) is 6.26 Å². The molecular formula is C19H36O5. The average molecular weight is 344 g/mol. The van der Waals surface area contributed by atoms with Crippen LogP contribution in [0.3, 0.4) is 0 Å². The third kappa shape index (κ3) is 9.02. The van der Waals surface area contributed by atoms with Gasteiger partial charge in [0.15, 0.2) is 0 Å². The summed E-state index contributed by atoms with van der Waals surface area (Å²) >= 11 is 0. The van der Waals surface area contributed by atoms with Gasteiger partial charge >= 0.3 is 0 Å². The Morgan fingerprint density at radius 3 is 2.21 bits per heavy atom. The molecule has 0 aromatic heterocycles. The Kier molecular flexibility index (Phi) is 12.2. The second-order valence-corrected chi connectivity index (χ2v) is 6.74. The summed E-state index contributed by atoms with van der Waals surface area (Å²) in [6.45, 7) is 2.45. The van der Waals surface area contributed by atoms with Gasteiger partial charge in [0.25, 0.3) is 0 Å². The third-order valence-corrected chi connectivity index (χ3v) is 4.53. The van der Waals surface area contributed by atoms with Crippen molar-refractivity contribution in [2.75, 3.05) is 13.2 Å². The van der Waals surface area contributed by atoms with Gasteiger partial charge in [0, 0.05) is 0 Å². The molecule has 1 saturated heterocycles. The van der Waals surface area contributed by atoms with Gasteiger partial charge in [-0.2, -0.15) is 0 Å². The van der Waals surface area contributed by atoms with Crippen molar-refractivity contribution in [1.82, 2.24) is 0 Å². The van der Waals surface area contributed by atoms with Gasteiger partial charge in [-0.1, -0.05) is 58.3 Å². The molecule has 0 unspecified atom stereocenters. The number of allylic oxidation sites excluding steroid dienone is 1. The van der Waals surface area contributed by atoms with Gasteiger partial charge in [-0.3, -0.25) is 0 Å². The van der Waals surface area contributed by atoms with E-state index in [0.717, 1.165) is 6.42 Å². The molecular weight excluding hydrogens is 308 g/mol. The van der Waals surface area contributed by atoms with Gasteiger partial charge in [-0.25, -0.2) is 0 Å². The van der Waals surface area contributed by atoms with Crippen LogP contribution in [0.5, 0.6) is 0 Å². The quantitative estimate of drug-likeness (QED) is 0.354. The highest BCUT2D eigenvalue weighted by Crippen LogP contribution is 2.16. The Labute approximate surface area is 146 Å². The van der Waals surface area contributed by atoms with Gasteiger partial charge in [-0.05, 0) is 18.9 Å². The fourth-order valence-electron chi connectivity index (χ4n) is 2.87. The molecule has 5 nitrogen and oxygen atoms in total. The van der Waals surface area contributed by atoms with Crippen molar-refractivity contribution in [3.63, 3.8) is 0 Å². The lowest BCUT2D eigenvalue weighted by atomic mass is 10.0.